The smallest absolute Gasteiger partial charge is 0.176 e. The fourth-order valence-corrected chi connectivity index (χ4v) is 4.25. The largest absolute Gasteiger partial charge is 0.369 e. The molecule has 0 unspecified atom stereocenters. The Morgan fingerprint density at radius 2 is 1.77 bits per heavy atom. The van der Waals surface area contributed by atoms with E-state index in [0.29, 0.717) is 16.3 Å². The van der Waals surface area contributed by atoms with Gasteiger partial charge in [0.25, 0.3) is 0 Å². The van der Waals surface area contributed by atoms with E-state index in [1.54, 1.807) is 6.07 Å². The Hall–Kier alpha value is -2.38. The van der Waals surface area contributed by atoms with Gasteiger partial charge in [-0.2, -0.15) is 0 Å². The summed E-state index contributed by atoms with van der Waals surface area (Å²) < 4.78 is 24.9. The molecule has 0 atom stereocenters. The highest BCUT2D eigenvalue weighted by atomic mass is 32.2. The number of aromatic nitrogens is 2. The molecule has 7 heteroatoms. The molecule has 26 heavy (non-hydrogen) atoms. The molecule has 1 saturated heterocycles. The van der Waals surface area contributed by atoms with Crippen molar-refractivity contribution in [2.75, 3.05) is 44.4 Å². The molecule has 1 aliphatic heterocycles. The summed E-state index contributed by atoms with van der Waals surface area (Å²) in [6.07, 6.45) is 1.25. The van der Waals surface area contributed by atoms with E-state index in [0.717, 1.165) is 42.9 Å². The number of rotatable bonds is 3. The number of nitrogens with one attached hydrogen (secondary N) is 1. The second-order valence-corrected chi connectivity index (χ2v) is 8.83. The van der Waals surface area contributed by atoms with Gasteiger partial charge in [-0.15, -0.1) is 0 Å². The highest BCUT2D eigenvalue weighted by molar-refractivity contribution is 7.90. The number of fused-ring (bicyclic) bond motifs is 1. The Morgan fingerprint density at radius 3 is 2.46 bits per heavy atom. The number of hydrogen-bond donors (Lipinski definition) is 1. The quantitative estimate of drug-likeness (QED) is 0.767. The summed E-state index contributed by atoms with van der Waals surface area (Å²) in [7, 11) is -1.29. The second-order valence-electron chi connectivity index (χ2n) is 6.85. The monoisotopic (exact) mass is 370 g/mol. The van der Waals surface area contributed by atoms with Gasteiger partial charge < -0.3 is 14.8 Å². The van der Waals surface area contributed by atoms with Crippen molar-refractivity contribution in [2.24, 2.45) is 0 Å². The van der Waals surface area contributed by atoms with Gasteiger partial charge in [-0.1, -0.05) is 12.1 Å². The zero-order chi connectivity index (χ0) is 18.3. The van der Waals surface area contributed by atoms with Crippen LogP contribution in [0.4, 0.5) is 5.69 Å². The Kier molecular flexibility index (Phi) is 4.20. The topological polar surface area (TPSA) is 69.3 Å². The number of nitrogens with zero attached hydrogens (tertiary/aromatic N) is 3. The number of anilines is 1. The van der Waals surface area contributed by atoms with Crippen LogP contribution in [0.25, 0.3) is 22.4 Å². The Labute approximate surface area is 153 Å². The average Bonchev–Trinajstić information content (AvgIpc) is 3.05. The standard InChI is InChI=1S/C19H22N4O2S/c1-22-9-11-23(12-10-22)14-7-8-15(18(13-14)26(2,24)25)19-20-16-5-3-4-6-17(16)21-19/h3-8,13H,9-12H2,1-2H3,(H,20,21). The molecule has 6 nitrogen and oxygen atoms in total. The van der Waals surface area contributed by atoms with Crippen LogP contribution in [0.3, 0.4) is 0 Å². The van der Waals surface area contributed by atoms with Gasteiger partial charge in [0.15, 0.2) is 9.84 Å². The number of para-hydroxylation sites is 2. The molecule has 2 heterocycles. The first-order valence-corrected chi connectivity index (χ1v) is 10.5. The number of benzene rings is 2. The molecule has 1 fully saturated rings. The van der Waals surface area contributed by atoms with Gasteiger partial charge in [0.05, 0.1) is 15.9 Å². The first kappa shape index (κ1) is 17.1. The number of imidazole rings is 1. The minimum Gasteiger partial charge on any atom is -0.369 e. The molecule has 0 saturated carbocycles. The number of piperazine rings is 1. The van der Waals surface area contributed by atoms with E-state index in [1.807, 2.05) is 36.4 Å². The van der Waals surface area contributed by atoms with E-state index < -0.39 is 9.84 Å². The SMILES string of the molecule is CN1CCN(c2ccc(-c3nc4ccccc4[nH]3)c(S(C)(=O)=O)c2)CC1. The van der Waals surface area contributed by atoms with E-state index >= 15 is 0 Å². The summed E-state index contributed by atoms with van der Waals surface area (Å²) in [6, 6.07) is 13.3. The van der Waals surface area contributed by atoms with Gasteiger partial charge in [0, 0.05) is 43.7 Å². The molecule has 4 rings (SSSR count). The van der Waals surface area contributed by atoms with E-state index in [1.165, 1.54) is 6.26 Å². The number of likely N-dealkylation sites (N-methyl/N-ethyl adjacent to an activating group) is 1. The summed E-state index contributed by atoms with van der Waals surface area (Å²) in [5.74, 6) is 0.580. The number of aromatic amines is 1. The van der Waals surface area contributed by atoms with Gasteiger partial charge in [-0.3, -0.25) is 0 Å². The fourth-order valence-electron chi connectivity index (χ4n) is 3.36. The molecule has 0 spiro atoms. The van der Waals surface area contributed by atoms with Crippen LogP contribution in [0.5, 0.6) is 0 Å². The molecule has 1 aromatic heterocycles. The van der Waals surface area contributed by atoms with Gasteiger partial charge in [0.2, 0.25) is 0 Å². The Morgan fingerprint density at radius 1 is 1.04 bits per heavy atom. The molecule has 0 aliphatic carbocycles. The van der Waals surface area contributed by atoms with Crippen LogP contribution in [0.15, 0.2) is 47.4 Å². The maximum Gasteiger partial charge on any atom is 0.176 e. The van der Waals surface area contributed by atoms with Gasteiger partial charge in [0.1, 0.15) is 5.82 Å². The van der Waals surface area contributed by atoms with Crippen LogP contribution in [0.1, 0.15) is 0 Å². The van der Waals surface area contributed by atoms with E-state index in [-0.39, 0.29) is 0 Å². The lowest BCUT2D eigenvalue weighted by Crippen LogP contribution is -2.44. The second kappa shape index (κ2) is 6.41. The molecular weight excluding hydrogens is 348 g/mol. The third-order valence-electron chi connectivity index (χ3n) is 4.88. The highest BCUT2D eigenvalue weighted by Crippen LogP contribution is 2.31. The lowest BCUT2D eigenvalue weighted by Gasteiger charge is -2.34. The molecule has 0 radical (unpaired) electrons. The van der Waals surface area contributed by atoms with Crippen molar-refractivity contribution in [1.82, 2.24) is 14.9 Å². The third-order valence-corrected chi connectivity index (χ3v) is 6.01. The van der Waals surface area contributed by atoms with E-state index in [4.69, 9.17) is 0 Å². The van der Waals surface area contributed by atoms with Gasteiger partial charge in [-0.25, -0.2) is 13.4 Å². The first-order chi connectivity index (χ1) is 12.4. The Bertz CT molecular complexity index is 1020. The third kappa shape index (κ3) is 3.20. The molecule has 2 aromatic carbocycles. The summed E-state index contributed by atoms with van der Waals surface area (Å²) >= 11 is 0. The summed E-state index contributed by atoms with van der Waals surface area (Å²) in [5.41, 5.74) is 3.27. The summed E-state index contributed by atoms with van der Waals surface area (Å²) in [4.78, 5) is 12.6. The van der Waals surface area contributed by atoms with Crippen LogP contribution in [0, 0.1) is 0 Å². The normalized spacial score (nSPS) is 16.3. The van der Waals surface area contributed by atoms with Crippen LogP contribution >= 0.6 is 0 Å². The lowest BCUT2D eigenvalue weighted by atomic mass is 10.1. The van der Waals surface area contributed by atoms with Gasteiger partial charge >= 0.3 is 0 Å². The molecule has 1 N–H and O–H groups in total. The number of H-pyrrole nitrogens is 1. The van der Waals surface area contributed by atoms with E-state index in [2.05, 4.69) is 26.8 Å². The maximum atomic E-state index is 12.5. The summed E-state index contributed by atoms with van der Waals surface area (Å²) in [5, 5.41) is 0. The van der Waals surface area contributed by atoms with Gasteiger partial charge in [-0.05, 0) is 37.4 Å². The van der Waals surface area contributed by atoms with Crippen molar-refractivity contribution >= 4 is 26.6 Å². The number of sulfone groups is 1. The van der Waals surface area contributed by atoms with Crippen molar-refractivity contribution in [3.8, 4) is 11.4 Å². The minimum atomic E-state index is -3.39. The zero-order valence-corrected chi connectivity index (χ0v) is 15.8. The minimum absolute atomic E-state index is 0.313. The van der Waals surface area contributed by atoms with Crippen LogP contribution in [-0.2, 0) is 9.84 Å². The molecule has 0 amide bonds. The first-order valence-electron chi connectivity index (χ1n) is 8.64. The maximum absolute atomic E-state index is 12.5. The molecule has 3 aromatic rings. The fraction of sp³-hybridized carbons (Fsp3) is 0.316. The van der Waals surface area contributed by atoms with Crippen molar-refractivity contribution in [3.05, 3.63) is 42.5 Å². The molecule has 0 bridgehead atoms. The highest BCUT2D eigenvalue weighted by Gasteiger charge is 2.21. The van der Waals surface area contributed by atoms with Crippen molar-refractivity contribution in [1.29, 1.82) is 0 Å². The Balaban J connectivity index is 1.79. The van der Waals surface area contributed by atoms with Crippen LogP contribution in [0.2, 0.25) is 0 Å². The molecular formula is C19H22N4O2S. The molecule has 1 aliphatic rings. The molecule has 136 valence electrons. The predicted octanol–water partition coefficient (Wildman–Crippen LogP) is 2.39. The predicted molar refractivity (Wildman–Crippen MR) is 104 cm³/mol. The summed E-state index contributed by atoms with van der Waals surface area (Å²) in [6.45, 7) is 3.73. The average molecular weight is 370 g/mol. The van der Waals surface area contributed by atoms with Crippen molar-refractivity contribution < 1.29 is 8.42 Å². The van der Waals surface area contributed by atoms with Crippen LogP contribution < -0.4 is 4.90 Å². The number of hydrogen-bond acceptors (Lipinski definition) is 5. The van der Waals surface area contributed by atoms with Crippen molar-refractivity contribution in [3.63, 3.8) is 0 Å². The van der Waals surface area contributed by atoms with E-state index in [9.17, 15) is 8.42 Å². The lowest BCUT2D eigenvalue weighted by molar-refractivity contribution is 0.313. The zero-order valence-electron chi connectivity index (χ0n) is 14.9. The van der Waals surface area contributed by atoms with Crippen LogP contribution in [-0.4, -0.2) is 62.8 Å². The van der Waals surface area contributed by atoms with Crippen molar-refractivity contribution in [2.45, 2.75) is 4.90 Å².